The number of morpholine rings is 1. The molecule has 1 aromatic carbocycles. The lowest BCUT2D eigenvalue weighted by atomic mass is 9.76. The van der Waals surface area contributed by atoms with Gasteiger partial charge in [0.15, 0.2) is 0 Å². The Hall–Kier alpha value is -2.71. The maximum absolute atomic E-state index is 14.1. The van der Waals surface area contributed by atoms with Crippen molar-refractivity contribution in [1.29, 1.82) is 0 Å². The maximum atomic E-state index is 14.1. The third-order valence-electron chi connectivity index (χ3n) is 8.17. The highest BCUT2D eigenvalue weighted by molar-refractivity contribution is 5.94. The summed E-state index contributed by atoms with van der Waals surface area (Å²) in [5.41, 5.74) is 2.86. The number of nitrogens with one attached hydrogen (secondary N) is 2. The van der Waals surface area contributed by atoms with Gasteiger partial charge in [-0.1, -0.05) is 83.9 Å². The largest absolute Gasteiger partial charge is 0.378 e. The van der Waals surface area contributed by atoms with Gasteiger partial charge in [0.05, 0.1) is 25.3 Å². The van der Waals surface area contributed by atoms with Gasteiger partial charge in [0.1, 0.15) is 6.04 Å². The van der Waals surface area contributed by atoms with E-state index in [-0.39, 0.29) is 29.7 Å². The molecule has 1 aliphatic heterocycles. The zero-order chi connectivity index (χ0) is 31.3. The number of benzene rings is 1. The molecule has 8 heteroatoms. The van der Waals surface area contributed by atoms with E-state index in [0.717, 1.165) is 16.7 Å². The average molecular weight is 571 g/mol. The first-order valence-electron chi connectivity index (χ1n) is 14.8. The molecule has 0 spiro atoms. The predicted molar refractivity (Wildman–Crippen MR) is 166 cm³/mol. The van der Waals surface area contributed by atoms with E-state index in [1.807, 2.05) is 40.7 Å². The molecule has 0 saturated carbocycles. The first-order valence-corrected chi connectivity index (χ1v) is 14.8. The maximum Gasteiger partial charge on any atom is 0.249 e. The lowest BCUT2D eigenvalue weighted by Crippen LogP contribution is -2.61. The summed E-state index contributed by atoms with van der Waals surface area (Å²) in [6.45, 7) is 22.2. The second-order valence-corrected chi connectivity index (χ2v) is 13.6. The van der Waals surface area contributed by atoms with Gasteiger partial charge < -0.3 is 25.2 Å². The van der Waals surface area contributed by atoms with E-state index in [1.165, 1.54) is 0 Å². The van der Waals surface area contributed by atoms with E-state index in [0.29, 0.717) is 31.9 Å². The summed E-state index contributed by atoms with van der Waals surface area (Å²) >= 11 is 0. The first-order chi connectivity index (χ1) is 18.9. The number of nitrogens with zero attached hydrogens (tertiary/aromatic N) is 2. The zero-order valence-electron chi connectivity index (χ0n) is 27.5. The molecular weight excluding hydrogens is 516 g/mol. The number of aryl methyl sites for hydroxylation is 2. The van der Waals surface area contributed by atoms with Crippen LogP contribution in [-0.4, -0.2) is 86.0 Å². The Labute approximate surface area is 248 Å². The molecule has 41 heavy (non-hydrogen) atoms. The van der Waals surface area contributed by atoms with E-state index in [1.54, 1.807) is 30.8 Å². The highest BCUT2D eigenvalue weighted by Gasteiger charge is 2.41. The molecule has 1 aliphatic rings. The lowest BCUT2D eigenvalue weighted by molar-refractivity contribution is -0.141. The lowest BCUT2D eigenvalue weighted by Gasteiger charge is -2.40. The fourth-order valence-corrected chi connectivity index (χ4v) is 5.65. The molecule has 0 unspecified atom stereocenters. The summed E-state index contributed by atoms with van der Waals surface area (Å²) in [4.78, 5) is 44.5. The minimum Gasteiger partial charge on any atom is -0.378 e. The summed E-state index contributed by atoms with van der Waals surface area (Å²) in [6.07, 6.45) is 1.89. The molecule has 1 fully saturated rings. The normalized spacial score (nSPS) is 17.2. The van der Waals surface area contributed by atoms with E-state index >= 15 is 0 Å². The summed E-state index contributed by atoms with van der Waals surface area (Å²) in [6, 6.07) is 4.70. The van der Waals surface area contributed by atoms with Crippen LogP contribution in [0.1, 0.15) is 72.1 Å². The number of amides is 3. The minimum absolute atomic E-state index is 0.0362. The van der Waals surface area contributed by atoms with Crippen molar-refractivity contribution in [2.75, 3.05) is 40.4 Å². The van der Waals surface area contributed by atoms with Crippen LogP contribution in [0.25, 0.3) is 0 Å². The number of carbonyl (C=O) groups excluding carboxylic acids is 3. The number of rotatable bonds is 10. The van der Waals surface area contributed by atoms with Gasteiger partial charge in [-0.25, -0.2) is 0 Å². The van der Waals surface area contributed by atoms with Gasteiger partial charge in [-0.2, -0.15) is 0 Å². The predicted octanol–water partition coefficient (Wildman–Crippen LogP) is 3.99. The van der Waals surface area contributed by atoms with Crippen molar-refractivity contribution in [3.8, 4) is 0 Å². The van der Waals surface area contributed by atoms with Crippen molar-refractivity contribution in [2.45, 2.75) is 92.8 Å². The molecule has 8 nitrogen and oxygen atoms in total. The first kappa shape index (κ1) is 34.5. The minimum atomic E-state index is -0.768. The van der Waals surface area contributed by atoms with Crippen LogP contribution in [0.4, 0.5) is 0 Å². The van der Waals surface area contributed by atoms with Crippen molar-refractivity contribution in [2.24, 2.45) is 11.3 Å². The van der Waals surface area contributed by atoms with Gasteiger partial charge in [-0.3, -0.25) is 14.4 Å². The SMILES string of the molecule is CN[C@@H](C(=O)N[C@H](C(=O)N(C)[C@H](C=C(C)C(=O)N1CCOCC1)C(C)C)C(C)(C)C)C(C)(C)c1cc(C)cc(C)c1. The van der Waals surface area contributed by atoms with Crippen LogP contribution in [-0.2, 0) is 24.5 Å². The van der Waals surface area contributed by atoms with E-state index < -0.39 is 22.9 Å². The molecule has 230 valence electrons. The fourth-order valence-electron chi connectivity index (χ4n) is 5.65. The Bertz CT molecular complexity index is 1090. The van der Waals surface area contributed by atoms with Crippen molar-refractivity contribution in [3.05, 3.63) is 46.5 Å². The third-order valence-corrected chi connectivity index (χ3v) is 8.17. The molecule has 0 bridgehead atoms. The van der Waals surface area contributed by atoms with Crippen LogP contribution < -0.4 is 10.6 Å². The molecule has 0 aromatic heterocycles. The molecule has 0 aliphatic carbocycles. The van der Waals surface area contributed by atoms with Gasteiger partial charge in [0.25, 0.3) is 0 Å². The van der Waals surface area contributed by atoms with Crippen LogP contribution in [0.2, 0.25) is 0 Å². The molecule has 2 rings (SSSR count). The summed E-state index contributed by atoms with van der Waals surface area (Å²) in [5, 5.41) is 6.33. The van der Waals surface area contributed by atoms with Crippen LogP contribution in [0, 0.1) is 25.2 Å². The highest BCUT2D eigenvalue weighted by Crippen LogP contribution is 2.30. The third kappa shape index (κ3) is 8.65. The Kier molecular flexibility index (Phi) is 11.8. The van der Waals surface area contributed by atoms with Gasteiger partial charge >= 0.3 is 0 Å². The standard InChI is InChI=1S/C33H54N4O4/c1-21(2)26(20-24(5)30(39)37-13-15-41-16-14-37)36(12)31(40)28(32(6,7)8)35-29(38)27(34-11)33(9,10)25-18-22(3)17-23(4)19-25/h17-21,26-28,34H,13-16H2,1-12H3,(H,35,38)/t26-,27+,28-/m1/s1. The fraction of sp³-hybridized carbons (Fsp3) is 0.667. The molecule has 0 radical (unpaired) electrons. The number of hydrogen-bond acceptors (Lipinski definition) is 5. The molecule has 3 atom stereocenters. The van der Waals surface area contributed by atoms with Crippen LogP contribution in [0.3, 0.4) is 0 Å². The Morgan fingerprint density at radius 3 is 1.98 bits per heavy atom. The van der Waals surface area contributed by atoms with Gasteiger partial charge in [0, 0.05) is 31.1 Å². The van der Waals surface area contributed by atoms with Crippen molar-refractivity contribution in [3.63, 3.8) is 0 Å². The van der Waals surface area contributed by atoms with Gasteiger partial charge in [-0.15, -0.1) is 0 Å². The van der Waals surface area contributed by atoms with Crippen LogP contribution in [0.5, 0.6) is 0 Å². The van der Waals surface area contributed by atoms with Gasteiger partial charge in [-0.05, 0) is 44.7 Å². The zero-order valence-corrected chi connectivity index (χ0v) is 27.5. The quantitative estimate of drug-likeness (QED) is 0.415. The monoisotopic (exact) mass is 570 g/mol. The second kappa shape index (κ2) is 14.0. The Morgan fingerprint density at radius 2 is 1.51 bits per heavy atom. The molecule has 1 saturated heterocycles. The molecule has 1 heterocycles. The van der Waals surface area contributed by atoms with Crippen molar-refractivity contribution < 1.29 is 19.1 Å². The van der Waals surface area contributed by atoms with E-state index in [9.17, 15) is 14.4 Å². The second-order valence-electron chi connectivity index (χ2n) is 13.6. The molecule has 3 amide bonds. The molecular formula is C33H54N4O4. The van der Waals surface area contributed by atoms with Crippen molar-refractivity contribution in [1.82, 2.24) is 20.4 Å². The molecule has 2 N–H and O–H groups in total. The summed E-state index contributed by atoms with van der Waals surface area (Å²) in [5.74, 6) is -0.396. The Morgan fingerprint density at radius 1 is 0.976 bits per heavy atom. The molecule has 1 aromatic rings. The number of likely N-dealkylation sites (N-methyl/N-ethyl adjacent to an activating group) is 2. The van der Waals surface area contributed by atoms with Crippen LogP contribution in [0.15, 0.2) is 29.8 Å². The summed E-state index contributed by atoms with van der Waals surface area (Å²) in [7, 11) is 3.54. The topological polar surface area (TPSA) is 91.0 Å². The van der Waals surface area contributed by atoms with Crippen LogP contribution >= 0.6 is 0 Å². The van der Waals surface area contributed by atoms with E-state index in [4.69, 9.17) is 4.74 Å². The summed E-state index contributed by atoms with van der Waals surface area (Å²) < 4.78 is 5.38. The van der Waals surface area contributed by atoms with E-state index in [2.05, 4.69) is 56.5 Å². The highest BCUT2D eigenvalue weighted by atomic mass is 16.5. The number of hydrogen-bond donors (Lipinski definition) is 2. The smallest absolute Gasteiger partial charge is 0.249 e. The average Bonchev–Trinajstić information content (AvgIpc) is 2.88. The van der Waals surface area contributed by atoms with Crippen molar-refractivity contribution >= 4 is 17.7 Å². The van der Waals surface area contributed by atoms with Gasteiger partial charge in [0.2, 0.25) is 17.7 Å². The number of ether oxygens (including phenoxy) is 1. The Balaban J connectivity index is 2.34. The number of carbonyl (C=O) groups is 3.